The average molecular weight is 372 g/mol. The fraction of sp³-hybridized carbons (Fsp3) is 0.333. The predicted octanol–water partition coefficient (Wildman–Crippen LogP) is 3.40. The van der Waals surface area contributed by atoms with Crippen molar-refractivity contribution in [1.82, 2.24) is 4.90 Å². The summed E-state index contributed by atoms with van der Waals surface area (Å²) in [5.41, 5.74) is 2.30. The molecule has 1 atom stereocenters. The number of benzene rings is 2. The predicted molar refractivity (Wildman–Crippen MR) is 106 cm³/mol. The van der Waals surface area contributed by atoms with E-state index in [-0.39, 0.29) is 11.8 Å². The smallest absolute Gasteiger partial charge is 0.151 e. The number of ether oxygens (including phenoxy) is 1. The maximum absolute atomic E-state index is 11.9. The van der Waals surface area contributed by atoms with Crippen LogP contribution in [0.3, 0.4) is 0 Å². The van der Waals surface area contributed by atoms with E-state index in [0.29, 0.717) is 12.2 Å². The van der Waals surface area contributed by atoms with Gasteiger partial charge in [0.15, 0.2) is 9.84 Å². The van der Waals surface area contributed by atoms with Crippen LogP contribution in [0.1, 0.15) is 17.5 Å². The Bertz CT molecular complexity index is 829. The SMILES string of the molecule is COc1ccc(CN(C/C=C/c2ccccc2)C2CCS(=O)(=O)C2)cc1. The molecule has 2 aromatic rings. The fourth-order valence-corrected chi connectivity index (χ4v) is 5.02. The minimum Gasteiger partial charge on any atom is -0.497 e. The summed E-state index contributed by atoms with van der Waals surface area (Å²) in [6, 6.07) is 18.2. The number of rotatable bonds is 7. The number of hydrogen-bond acceptors (Lipinski definition) is 4. The Morgan fingerprint density at radius 1 is 1.12 bits per heavy atom. The summed E-state index contributed by atoms with van der Waals surface area (Å²) >= 11 is 0. The van der Waals surface area contributed by atoms with E-state index in [4.69, 9.17) is 4.74 Å². The van der Waals surface area contributed by atoms with E-state index in [9.17, 15) is 8.42 Å². The van der Waals surface area contributed by atoms with Gasteiger partial charge >= 0.3 is 0 Å². The summed E-state index contributed by atoms with van der Waals surface area (Å²) in [5.74, 6) is 1.37. The highest BCUT2D eigenvalue weighted by molar-refractivity contribution is 7.91. The van der Waals surface area contributed by atoms with E-state index in [1.165, 1.54) is 0 Å². The molecule has 0 saturated carbocycles. The van der Waals surface area contributed by atoms with Crippen LogP contribution in [0.2, 0.25) is 0 Å². The van der Waals surface area contributed by atoms with Gasteiger partial charge in [-0.25, -0.2) is 8.42 Å². The van der Waals surface area contributed by atoms with Gasteiger partial charge in [0, 0.05) is 19.1 Å². The van der Waals surface area contributed by atoms with Crippen molar-refractivity contribution in [2.75, 3.05) is 25.2 Å². The Labute approximate surface area is 156 Å². The summed E-state index contributed by atoms with van der Waals surface area (Å²) in [5, 5.41) is 0. The molecule has 1 aliphatic heterocycles. The highest BCUT2D eigenvalue weighted by atomic mass is 32.2. The summed E-state index contributed by atoms with van der Waals surface area (Å²) in [6.45, 7) is 1.45. The Kier molecular flexibility index (Phi) is 6.12. The first-order chi connectivity index (χ1) is 12.6. The molecule has 0 radical (unpaired) electrons. The largest absolute Gasteiger partial charge is 0.497 e. The Morgan fingerprint density at radius 2 is 1.85 bits per heavy atom. The lowest BCUT2D eigenvalue weighted by Crippen LogP contribution is -2.35. The Balaban J connectivity index is 1.71. The van der Waals surface area contributed by atoms with Crippen LogP contribution in [0.25, 0.3) is 6.08 Å². The quantitative estimate of drug-likeness (QED) is 0.748. The van der Waals surface area contributed by atoms with Crippen molar-refractivity contribution in [3.8, 4) is 5.75 Å². The van der Waals surface area contributed by atoms with Gasteiger partial charge in [0.05, 0.1) is 18.6 Å². The van der Waals surface area contributed by atoms with Crippen molar-refractivity contribution in [3.63, 3.8) is 0 Å². The maximum atomic E-state index is 11.9. The minimum absolute atomic E-state index is 0.0718. The van der Waals surface area contributed by atoms with Crippen molar-refractivity contribution >= 4 is 15.9 Å². The summed E-state index contributed by atoms with van der Waals surface area (Å²) < 4.78 is 29.0. The standard InChI is InChI=1S/C21H25NO3S/c1-25-21-11-9-19(10-12-21)16-22(20-13-15-26(23,24)17-20)14-5-8-18-6-3-2-4-7-18/h2-12,20H,13-17H2,1H3/b8-5+. The second-order valence-corrected chi connectivity index (χ2v) is 8.88. The zero-order valence-electron chi connectivity index (χ0n) is 15.0. The van der Waals surface area contributed by atoms with Crippen molar-refractivity contribution in [1.29, 1.82) is 0 Å². The second kappa shape index (κ2) is 8.52. The Morgan fingerprint density at radius 3 is 2.46 bits per heavy atom. The number of nitrogens with zero attached hydrogens (tertiary/aromatic N) is 1. The van der Waals surface area contributed by atoms with E-state index >= 15 is 0 Å². The monoisotopic (exact) mass is 371 g/mol. The van der Waals surface area contributed by atoms with Crippen LogP contribution in [0.15, 0.2) is 60.7 Å². The molecule has 5 heteroatoms. The minimum atomic E-state index is -2.91. The molecule has 138 valence electrons. The summed E-state index contributed by atoms with van der Waals surface area (Å²) in [7, 11) is -1.25. The molecule has 4 nitrogen and oxygen atoms in total. The lowest BCUT2D eigenvalue weighted by atomic mass is 10.1. The van der Waals surface area contributed by atoms with Crippen molar-refractivity contribution in [2.45, 2.75) is 19.0 Å². The lowest BCUT2D eigenvalue weighted by Gasteiger charge is -2.27. The molecule has 1 unspecified atom stereocenters. The molecule has 1 heterocycles. The second-order valence-electron chi connectivity index (χ2n) is 6.65. The molecular formula is C21H25NO3S. The van der Waals surface area contributed by atoms with Crippen LogP contribution < -0.4 is 4.74 Å². The molecule has 0 aromatic heterocycles. The lowest BCUT2D eigenvalue weighted by molar-refractivity contribution is 0.227. The van der Waals surface area contributed by atoms with Crippen molar-refractivity contribution in [2.24, 2.45) is 0 Å². The first-order valence-electron chi connectivity index (χ1n) is 8.85. The van der Waals surface area contributed by atoms with Gasteiger partial charge in [-0.1, -0.05) is 54.6 Å². The first-order valence-corrected chi connectivity index (χ1v) is 10.7. The molecular weight excluding hydrogens is 346 g/mol. The maximum Gasteiger partial charge on any atom is 0.151 e. The third-order valence-corrected chi connectivity index (χ3v) is 6.47. The molecule has 3 rings (SSSR count). The Hall–Kier alpha value is -2.11. The molecule has 0 bridgehead atoms. The van der Waals surface area contributed by atoms with E-state index in [1.807, 2.05) is 42.5 Å². The number of hydrogen-bond donors (Lipinski definition) is 0. The molecule has 0 N–H and O–H groups in total. The first kappa shape index (κ1) is 18.7. The normalized spacial score (nSPS) is 19.2. The molecule has 0 spiro atoms. The molecule has 0 amide bonds. The van der Waals surface area contributed by atoms with Crippen molar-refractivity contribution in [3.05, 3.63) is 71.8 Å². The van der Waals surface area contributed by atoms with E-state index in [1.54, 1.807) is 7.11 Å². The zero-order valence-corrected chi connectivity index (χ0v) is 15.9. The number of methoxy groups -OCH3 is 1. The van der Waals surface area contributed by atoms with Crippen LogP contribution >= 0.6 is 0 Å². The van der Waals surface area contributed by atoms with Gasteiger partial charge in [-0.3, -0.25) is 4.90 Å². The van der Waals surface area contributed by atoms with Gasteiger partial charge in [0.1, 0.15) is 5.75 Å². The van der Waals surface area contributed by atoms with Gasteiger partial charge in [0.25, 0.3) is 0 Å². The summed E-state index contributed by atoms with van der Waals surface area (Å²) in [6.07, 6.45) is 4.91. The summed E-state index contributed by atoms with van der Waals surface area (Å²) in [4.78, 5) is 2.26. The molecule has 1 aliphatic rings. The van der Waals surface area contributed by atoms with Crippen molar-refractivity contribution < 1.29 is 13.2 Å². The highest BCUT2D eigenvalue weighted by Crippen LogP contribution is 2.21. The van der Waals surface area contributed by atoms with Crippen LogP contribution in [-0.2, 0) is 16.4 Å². The fourth-order valence-electron chi connectivity index (χ4n) is 3.26. The zero-order chi connectivity index (χ0) is 18.4. The third-order valence-electron chi connectivity index (χ3n) is 4.72. The molecule has 1 fully saturated rings. The molecule has 1 saturated heterocycles. The average Bonchev–Trinajstić information content (AvgIpc) is 3.02. The molecule has 0 aliphatic carbocycles. The van der Waals surface area contributed by atoms with Crippen LogP contribution in [0, 0.1) is 0 Å². The van der Waals surface area contributed by atoms with Gasteiger partial charge in [0.2, 0.25) is 0 Å². The molecule has 26 heavy (non-hydrogen) atoms. The van der Waals surface area contributed by atoms with Crippen LogP contribution in [0.5, 0.6) is 5.75 Å². The third kappa shape index (κ3) is 5.19. The van der Waals surface area contributed by atoms with Gasteiger partial charge in [-0.05, 0) is 29.7 Å². The van der Waals surface area contributed by atoms with E-state index in [2.05, 4.69) is 29.2 Å². The van der Waals surface area contributed by atoms with E-state index < -0.39 is 9.84 Å². The topological polar surface area (TPSA) is 46.6 Å². The van der Waals surface area contributed by atoms with Gasteiger partial charge in [-0.2, -0.15) is 0 Å². The van der Waals surface area contributed by atoms with E-state index in [0.717, 1.165) is 30.0 Å². The van der Waals surface area contributed by atoms with Gasteiger partial charge in [-0.15, -0.1) is 0 Å². The molecule has 2 aromatic carbocycles. The van der Waals surface area contributed by atoms with Crippen LogP contribution in [0.4, 0.5) is 0 Å². The van der Waals surface area contributed by atoms with Crippen LogP contribution in [-0.4, -0.2) is 44.5 Å². The number of sulfone groups is 1. The highest BCUT2D eigenvalue weighted by Gasteiger charge is 2.31. The van der Waals surface area contributed by atoms with Gasteiger partial charge < -0.3 is 4.74 Å².